The molecule has 2 heterocycles. The van der Waals surface area contributed by atoms with Crippen molar-refractivity contribution >= 4 is 60.8 Å². The number of para-hydroxylation sites is 4. The van der Waals surface area contributed by atoms with Crippen LogP contribution in [0.2, 0.25) is 0 Å². The number of aromatic nitrogens is 1. The topological polar surface area (TPSA) is 21.3 Å². The van der Waals surface area contributed by atoms with Crippen molar-refractivity contribution in [2.24, 2.45) is 0 Å². The zero-order chi connectivity index (χ0) is 38.2. The molecule has 58 heavy (non-hydrogen) atoms. The van der Waals surface area contributed by atoms with E-state index >= 15 is 0 Å². The Morgan fingerprint density at radius 1 is 0.397 bits per heavy atom. The molecule has 1 aliphatic rings. The van der Waals surface area contributed by atoms with Gasteiger partial charge in [0.2, 0.25) is 0 Å². The fraction of sp³-hybridized carbons (Fsp3) is 0.0182. The van der Waals surface area contributed by atoms with Gasteiger partial charge in [-0.25, -0.2) is 0 Å². The van der Waals surface area contributed by atoms with Gasteiger partial charge in [0.25, 0.3) is 0 Å². The second kappa shape index (κ2) is 12.7. The molecule has 0 radical (unpaired) electrons. The molecule has 0 saturated carbocycles. The summed E-state index contributed by atoms with van der Waals surface area (Å²) in [5.41, 5.74) is 15.0. The highest BCUT2D eigenvalue weighted by Crippen LogP contribution is 2.60. The van der Waals surface area contributed by atoms with Crippen LogP contribution in [0.25, 0.3) is 60.6 Å². The Labute approximate surface area is 336 Å². The number of nitrogens with zero attached hydrogens (tertiary/aromatic N) is 2. The lowest BCUT2D eigenvalue weighted by Crippen LogP contribution is -2.30. The van der Waals surface area contributed by atoms with Gasteiger partial charge in [-0.2, -0.15) is 0 Å². The van der Waals surface area contributed by atoms with Gasteiger partial charge in [-0.1, -0.05) is 158 Å². The summed E-state index contributed by atoms with van der Waals surface area (Å²) < 4.78 is 9.52. The van der Waals surface area contributed by atoms with E-state index in [9.17, 15) is 0 Å². The number of anilines is 3. The van der Waals surface area contributed by atoms with Crippen molar-refractivity contribution in [3.63, 3.8) is 0 Å². The van der Waals surface area contributed by atoms with Crippen molar-refractivity contribution in [3.8, 4) is 16.8 Å². The minimum atomic E-state index is -0.669. The summed E-state index contributed by atoms with van der Waals surface area (Å²) in [6.07, 6.45) is 0. The third kappa shape index (κ3) is 4.56. The van der Waals surface area contributed by atoms with Gasteiger partial charge >= 0.3 is 0 Å². The van der Waals surface area contributed by atoms with E-state index in [-0.39, 0.29) is 0 Å². The van der Waals surface area contributed by atoms with Crippen molar-refractivity contribution in [2.75, 3.05) is 4.90 Å². The number of benzene rings is 9. The number of rotatable bonds is 6. The maximum atomic E-state index is 7.14. The first-order valence-electron chi connectivity index (χ1n) is 19.9. The Bertz CT molecular complexity index is 3300. The third-order valence-electron chi connectivity index (χ3n) is 12.3. The van der Waals surface area contributed by atoms with Gasteiger partial charge in [0.1, 0.15) is 5.58 Å². The van der Waals surface area contributed by atoms with E-state index in [2.05, 4.69) is 228 Å². The van der Waals surface area contributed by atoms with E-state index in [0.717, 1.165) is 55.8 Å². The summed E-state index contributed by atoms with van der Waals surface area (Å²) in [5.74, 6) is 0. The van der Waals surface area contributed by atoms with E-state index in [4.69, 9.17) is 4.42 Å². The number of hydrogen-bond acceptors (Lipinski definition) is 2. The van der Waals surface area contributed by atoms with Gasteiger partial charge in [-0.15, -0.1) is 0 Å². The normalized spacial score (nSPS) is 13.0. The molecule has 0 atom stereocenters. The van der Waals surface area contributed by atoms with Crippen LogP contribution in [-0.4, -0.2) is 4.57 Å². The summed E-state index contributed by atoms with van der Waals surface area (Å²) in [6, 6.07) is 79.2. The van der Waals surface area contributed by atoms with Crippen molar-refractivity contribution in [1.29, 1.82) is 0 Å². The van der Waals surface area contributed by atoms with Crippen molar-refractivity contribution < 1.29 is 4.42 Å². The van der Waals surface area contributed by atoms with Gasteiger partial charge in [0.15, 0.2) is 5.58 Å². The quantitative estimate of drug-likeness (QED) is 0.169. The van der Waals surface area contributed by atoms with E-state index in [1.165, 1.54) is 44.1 Å². The van der Waals surface area contributed by atoms with E-state index < -0.39 is 5.41 Å². The smallest absolute Gasteiger partial charge is 0.159 e. The summed E-state index contributed by atoms with van der Waals surface area (Å²) >= 11 is 0. The molecule has 2 aromatic heterocycles. The van der Waals surface area contributed by atoms with Crippen molar-refractivity contribution in [3.05, 3.63) is 241 Å². The lowest BCUT2D eigenvalue weighted by atomic mass is 9.67. The Balaban J connectivity index is 1.24. The average Bonchev–Trinajstić information content (AvgIpc) is 3.94. The largest absolute Gasteiger partial charge is 0.454 e. The Hall–Kier alpha value is -7.62. The van der Waals surface area contributed by atoms with Crippen LogP contribution in [0.5, 0.6) is 0 Å². The number of furan rings is 1. The molecule has 11 aromatic rings. The minimum Gasteiger partial charge on any atom is -0.454 e. The highest BCUT2D eigenvalue weighted by atomic mass is 16.3. The van der Waals surface area contributed by atoms with Crippen LogP contribution >= 0.6 is 0 Å². The molecular formula is C55H36N2O. The molecule has 3 heteroatoms. The van der Waals surface area contributed by atoms with E-state index in [1.54, 1.807) is 0 Å². The SMILES string of the molecule is c1ccc(N(c2ccc3c(c2)c2ccccc2n3-c2ccccc2)c2c(C3(c4ccccc4)c4ccccc4-c4ccccc43)ccc3c2oc2ccccc23)cc1. The summed E-state index contributed by atoms with van der Waals surface area (Å²) in [5, 5.41) is 4.57. The molecule has 1 aliphatic carbocycles. The Kier molecular flexibility index (Phi) is 7.14. The number of hydrogen-bond donors (Lipinski definition) is 0. The summed E-state index contributed by atoms with van der Waals surface area (Å²) in [7, 11) is 0. The molecule has 0 bridgehead atoms. The second-order valence-corrected chi connectivity index (χ2v) is 15.2. The van der Waals surface area contributed by atoms with Crippen LogP contribution in [-0.2, 0) is 5.41 Å². The molecule has 12 rings (SSSR count). The standard InChI is InChI=1S/C55H36N2O/c1-4-18-37(19-5-1)55(47-28-14-10-24-41(47)42-25-11-15-29-48(42)55)49-34-33-45-44-27-13-17-31-52(44)58-54(45)53(49)56(38-20-6-2-7-21-38)40-32-35-51-46(36-40)43-26-12-16-30-50(43)57(51)39-22-8-3-9-23-39/h1-36H. The molecule has 0 unspecified atom stereocenters. The van der Waals surface area contributed by atoms with E-state index in [0.29, 0.717) is 0 Å². The zero-order valence-electron chi connectivity index (χ0n) is 31.6. The molecule has 9 aromatic carbocycles. The first-order valence-corrected chi connectivity index (χ1v) is 19.9. The predicted molar refractivity (Wildman–Crippen MR) is 240 cm³/mol. The van der Waals surface area contributed by atoms with Gasteiger partial charge in [0, 0.05) is 38.6 Å². The minimum absolute atomic E-state index is 0.669. The lowest BCUT2D eigenvalue weighted by Gasteiger charge is -2.38. The van der Waals surface area contributed by atoms with E-state index in [1.807, 2.05) is 0 Å². The van der Waals surface area contributed by atoms with Crippen LogP contribution in [0.3, 0.4) is 0 Å². The van der Waals surface area contributed by atoms with Gasteiger partial charge in [-0.05, 0) is 94.0 Å². The van der Waals surface area contributed by atoms with Crippen LogP contribution in [0.4, 0.5) is 17.1 Å². The maximum Gasteiger partial charge on any atom is 0.159 e. The van der Waals surface area contributed by atoms with Crippen LogP contribution in [0.1, 0.15) is 22.3 Å². The van der Waals surface area contributed by atoms with Gasteiger partial charge in [0.05, 0.1) is 22.1 Å². The van der Waals surface area contributed by atoms with Crippen LogP contribution < -0.4 is 4.90 Å². The fourth-order valence-electron chi connectivity index (χ4n) is 9.92. The van der Waals surface area contributed by atoms with Crippen LogP contribution in [0.15, 0.2) is 223 Å². The third-order valence-corrected chi connectivity index (χ3v) is 12.3. The summed E-state index contributed by atoms with van der Waals surface area (Å²) in [6.45, 7) is 0. The second-order valence-electron chi connectivity index (χ2n) is 15.2. The fourth-order valence-corrected chi connectivity index (χ4v) is 9.92. The van der Waals surface area contributed by atoms with Crippen molar-refractivity contribution in [2.45, 2.75) is 5.41 Å². The lowest BCUT2D eigenvalue weighted by molar-refractivity contribution is 0.666. The van der Waals surface area contributed by atoms with Crippen molar-refractivity contribution in [1.82, 2.24) is 4.57 Å². The monoisotopic (exact) mass is 740 g/mol. The first kappa shape index (κ1) is 32.6. The highest BCUT2D eigenvalue weighted by molar-refractivity contribution is 6.14. The maximum absolute atomic E-state index is 7.14. The molecular weight excluding hydrogens is 705 g/mol. The molecule has 0 aliphatic heterocycles. The predicted octanol–water partition coefficient (Wildman–Crippen LogP) is 14.5. The van der Waals surface area contributed by atoms with Crippen LogP contribution in [0, 0.1) is 0 Å². The van der Waals surface area contributed by atoms with Gasteiger partial charge in [-0.3, -0.25) is 0 Å². The highest BCUT2D eigenvalue weighted by Gasteiger charge is 2.48. The Morgan fingerprint density at radius 2 is 0.983 bits per heavy atom. The first-order chi connectivity index (χ1) is 28.8. The molecule has 3 nitrogen and oxygen atoms in total. The molecule has 0 amide bonds. The molecule has 0 spiro atoms. The molecule has 0 N–H and O–H groups in total. The molecule has 272 valence electrons. The molecule has 0 fully saturated rings. The zero-order valence-corrected chi connectivity index (χ0v) is 31.6. The number of fused-ring (bicyclic) bond motifs is 9. The summed E-state index contributed by atoms with van der Waals surface area (Å²) in [4.78, 5) is 2.45. The Morgan fingerprint density at radius 3 is 1.72 bits per heavy atom. The molecule has 0 saturated heterocycles. The van der Waals surface area contributed by atoms with Gasteiger partial charge < -0.3 is 13.9 Å². The average molecular weight is 741 g/mol.